The van der Waals surface area contributed by atoms with Crippen LogP contribution in [0.15, 0.2) is 30.5 Å². The molecule has 1 aromatic carbocycles. The lowest BCUT2D eigenvalue weighted by atomic mass is 9.94. The Morgan fingerprint density at radius 3 is 2.76 bits per heavy atom. The first-order chi connectivity index (χ1) is 19.9. The lowest BCUT2D eigenvalue weighted by Gasteiger charge is -2.37. The van der Waals surface area contributed by atoms with Gasteiger partial charge in [-0.05, 0) is 70.9 Å². The van der Waals surface area contributed by atoms with Crippen molar-refractivity contribution in [3.05, 3.63) is 52.3 Å². The summed E-state index contributed by atoms with van der Waals surface area (Å²) in [4.78, 5) is 40.1. The Hall–Kier alpha value is -3.70. The average Bonchev–Trinajstić information content (AvgIpc) is 3.34. The Kier molecular flexibility index (Phi) is 7.13. The number of amides is 2. The number of hydrogen-bond donors (Lipinski definition) is 2. The number of rotatable bonds is 3. The fourth-order valence-corrected chi connectivity index (χ4v) is 6.77. The number of pyridine rings is 1. The van der Waals surface area contributed by atoms with Gasteiger partial charge in [0, 0.05) is 43.4 Å². The van der Waals surface area contributed by atoms with Crippen molar-refractivity contribution >= 4 is 34.2 Å². The van der Waals surface area contributed by atoms with Crippen molar-refractivity contribution in [2.75, 3.05) is 37.7 Å². The highest BCUT2D eigenvalue weighted by Gasteiger charge is 2.35. The molecule has 0 aliphatic carbocycles. The van der Waals surface area contributed by atoms with Gasteiger partial charge in [-0.1, -0.05) is 17.4 Å². The third-order valence-electron chi connectivity index (χ3n) is 7.65. The highest BCUT2D eigenvalue weighted by molar-refractivity contribution is 7.17. The molecule has 2 amide bonds. The van der Waals surface area contributed by atoms with Crippen molar-refractivity contribution in [1.29, 1.82) is 0 Å². The standard InChI is InChI=1S/C31H38N6O4S/c1-18-13-20(16-33-25(18)23-17-32-9-10-37(23)29(39)41-30(2,3)4)19-7-8-24-22(14-19)36(11-12-40-24)28-34-21-15-31(5,6)35-27(38)26(21)42-28/h7-8,13-14,16,23,32H,9-12,15,17H2,1-6H3,(H,35,38). The molecule has 1 fully saturated rings. The Labute approximate surface area is 250 Å². The number of anilines is 2. The van der Waals surface area contributed by atoms with E-state index in [1.54, 1.807) is 4.90 Å². The average molecular weight is 591 g/mol. The minimum atomic E-state index is -0.566. The normalized spacial score (nSPS) is 19.9. The second kappa shape index (κ2) is 10.5. The van der Waals surface area contributed by atoms with Crippen LogP contribution in [0.3, 0.4) is 0 Å². The molecule has 3 aromatic rings. The summed E-state index contributed by atoms with van der Waals surface area (Å²) in [6.45, 7) is 14.8. The topological polar surface area (TPSA) is 109 Å². The van der Waals surface area contributed by atoms with Crippen LogP contribution in [0.25, 0.3) is 11.1 Å². The van der Waals surface area contributed by atoms with Gasteiger partial charge < -0.3 is 25.0 Å². The fraction of sp³-hybridized carbons (Fsp3) is 0.484. The summed E-state index contributed by atoms with van der Waals surface area (Å²) in [5, 5.41) is 7.27. The summed E-state index contributed by atoms with van der Waals surface area (Å²) in [6.07, 6.45) is 2.24. The van der Waals surface area contributed by atoms with Gasteiger partial charge >= 0.3 is 6.09 Å². The fourth-order valence-electron chi connectivity index (χ4n) is 5.75. The van der Waals surface area contributed by atoms with E-state index in [9.17, 15) is 9.59 Å². The Bertz CT molecular complexity index is 1540. The molecule has 0 saturated carbocycles. The van der Waals surface area contributed by atoms with Crippen LogP contribution >= 0.6 is 11.3 Å². The zero-order chi connectivity index (χ0) is 29.8. The van der Waals surface area contributed by atoms with Gasteiger partial charge in [-0.15, -0.1) is 0 Å². The Morgan fingerprint density at radius 1 is 1.19 bits per heavy atom. The maximum absolute atomic E-state index is 13.0. The number of hydrogen-bond acceptors (Lipinski definition) is 9. The number of thiazole rings is 1. The van der Waals surface area contributed by atoms with Crippen molar-refractivity contribution in [1.82, 2.24) is 25.5 Å². The van der Waals surface area contributed by atoms with Gasteiger partial charge in [0.15, 0.2) is 5.13 Å². The van der Waals surface area contributed by atoms with Crippen molar-refractivity contribution in [2.45, 2.75) is 65.1 Å². The van der Waals surface area contributed by atoms with Crippen LogP contribution in [0.2, 0.25) is 0 Å². The van der Waals surface area contributed by atoms with Gasteiger partial charge in [0.05, 0.1) is 29.7 Å². The first-order valence-corrected chi connectivity index (χ1v) is 15.2. The molecule has 5 heterocycles. The first-order valence-electron chi connectivity index (χ1n) is 14.4. The van der Waals surface area contributed by atoms with Crippen molar-refractivity contribution < 1.29 is 19.1 Å². The molecule has 10 nitrogen and oxygen atoms in total. The van der Waals surface area contributed by atoms with Crippen LogP contribution < -0.4 is 20.3 Å². The molecule has 1 saturated heterocycles. The van der Waals surface area contributed by atoms with E-state index in [1.807, 2.05) is 59.9 Å². The number of nitrogens with zero attached hydrogens (tertiary/aromatic N) is 4. The second-order valence-electron chi connectivity index (χ2n) is 12.8. The van der Waals surface area contributed by atoms with E-state index in [2.05, 4.69) is 27.7 Å². The third-order valence-corrected chi connectivity index (χ3v) is 8.77. The van der Waals surface area contributed by atoms with Crippen molar-refractivity contribution in [2.24, 2.45) is 0 Å². The molecule has 0 bridgehead atoms. The smallest absolute Gasteiger partial charge is 0.410 e. The third kappa shape index (κ3) is 5.55. The summed E-state index contributed by atoms with van der Waals surface area (Å²) in [5.74, 6) is 0.720. The second-order valence-corrected chi connectivity index (χ2v) is 13.8. The number of piperazine rings is 1. The molecule has 3 aliphatic rings. The van der Waals surface area contributed by atoms with Gasteiger partial charge in [-0.3, -0.25) is 14.7 Å². The molecule has 2 aromatic heterocycles. The summed E-state index contributed by atoms with van der Waals surface area (Å²) in [5.41, 5.74) is 4.70. The molecule has 6 rings (SSSR count). The number of carbonyl (C=O) groups excluding carboxylic acids is 2. The van der Waals surface area contributed by atoms with Crippen LogP contribution in [0.5, 0.6) is 5.75 Å². The number of benzene rings is 1. The number of aryl methyl sites for hydroxylation is 1. The lowest BCUT2D eigenvalue weighted by molar-refractivity contribution is 0.0112. The molecular weight excluding hydrogens is 552 g/mol. The van der Waals surface area contributed by atoms with E-state index < -0.39 is 5.60 Å². The zero-order valence-electron chi connectivity index (χ0n) is 25.0. The number of carbonyl (C=O) groups is 2. The SMILES string of the molecule is Cc1cc(-c2ccc3c(c2)N(c2nc4c(s2)C(=O)NC(C)(C)C4)CCO3)cnc1C1CNCCN1C(=O)OC(C)(C)C. The highest BCUT2D eigenvalue weighted by Crippen LogP contribution is 2.42. The predicted molar refractivity (Wildman–Crippen MR) is 163 cm³/mol. The maximum Gasteiger partial charge on any atom is 0.410 e. The van der Waals surface area contributed by atoms with Crippen LogP contribution in [0, 0.1) is 6.92 Å². The number of aromatic nitrogens is 2. The molecule has 222 valence electrons. The van der Waals surface area contributed by atoms with Gasteiger partial charge in [0.1, 0.15) is 22.8 Å². The van der Waals surface area contributed by atoms with E-state index in [0.29, 0.717) is 44.1 Å². The van der Waals surface area contributed by atoms with Crippen molar-refractivity contribution in [3.63, 3.8) is 0 Å². The lowest BCUT2D eigenvalue weighted by Crippen LogP contribution is -2.50. The molecule has 42 heavy (non-hydrogen) atoms. The van der Waals surface area contributed by atoms with Crippen molar-refractivity contribution in [3.8, 4) is 16.9 Å². The van der Waals surface area contributed by atoms with E-state index in [1.165, 1.54) is 11.3 Å². The van der Waals surface area contributed by atoms with Crippen LogP contribution in [-0.2, 0) is 11.2 Å². The number of ether oxygens (including phenoxy) is 2. The van der Waals surface area contributed by atoms with Crippen LogP contribution in [0.4, 0.5) is 15.6 Å². The van der Waals surface area contributed by atoms with Gasteiger partial charge in [-0.2, -0.15) is 0 Å². The Balaban J connectivity index is 1.29. The Morgan fingerprint density at radius 2 is 2.00 bits per heavy atom. The van der Waals surface area contributed by atoms with Crippen LogP contribution in [-0.4, -0.2) is 70.8 Å². The van der Waals surface area contributed by atoms with E-state index in [-0.39, 0.29) is 23.6 Å². The molecular formula is C31H38N6O4S. The maximum atomic E-state index is 13.0. The van der Waals surface area contributed by atoms with Gasteiger partial charge in [0.25, 0.3) is 5.91 Å². The predicted octanol–water partition coefficient (Wildman–Crippen LogP) is 4.99. The van der Waals surface area contributed by atoms with E-state index in [0.717, 1.165) is 44.6 Å². The summed E-state index contributed by atoms with van der Waals surface area (Å²) in [6, 6.07) is 8.03. The quantitative estimate of drug-likeness (QED) is 0.439. The van der Waals surface area contributed by atoms with Gasteiger partial charge in [-0.25, -0.2) is 9.78 Å². The van der Waals surface area contributed by atoms with Gasteiger partial charge in [0.2, 0.25) is 0 Å². The molecule has 0 radical (unpaired) electrons. The minimum Gasteiger partial charge on any atom is -0.490 e. The molecule has 2 N–H and O–H groups in total. The molecule has 11 heteroatoms. The van der Waals surface area contributed by atoms with E-state index in [4.69, 9.17) is 19.4 Å². The molecule has 3 aliphatic heterocycles. The van der Waals surface area contributed by atoms with Crippen LogP contribution in [0.1, 0.15) is 67.3 Å². The zero-order valence-corrected chi connectivity index (χ0v) is 25.9. The minimum absolute atomic E-state index is 0.0627. The monoisotopic (exact) mass is 590 g/mol. The first kappa shape index (κ1) is 28.4. The summed E-state index contributed by atoms with van der Waals surface area (Å²) < 4.78 is 11.7. The molecule has 0 spiro atoms. The molecule has 1 unspecified atom stereocenters. The largest absolute Gasteiger partial charge is 0.490 e. The summed E-state index contributed by atoms with van der Waals surface area (Å²) >= 11 is 1.43. The number of fused-ring (bicyclic) bond motifs is 2. The highest BCUT2D eigenvalue weighted by atomic mass is 32.1. The number of nitrogens with one attached hydrogen (secondary N) is 2. The van der Waals surface area contributed by atoms with E-state index >= 15 is 0 Å². The molecule has 1 atom stereocenters. The summed E-state index contributed by atoms with van der Waals surface area (Å²) in [7, 11) is 0.